The predicted octanol–water partition coefficient (Wildman–Crippen LogP) is 4.18. The van der Waals surface area contributed by atoms with Crippen LogP contribution >= 0.6 is 0 Å². The number of hydrogen-bond donors (Lipinski definition) is 0. The van der Waals surface area contributed by atoms with Crippen LogP contribution in [0.1, 0.15) is 38.2 Å². The number of nitrogens with zero attached hydrogens (tertiary/aromatic N) is 1. The quantitative estimate of drug-likeness (QED) is 0.397. The van der Waals surface area contributed by atoms with E-state index in [2.05, 4.69) is 13.5 Å². The van der Waals surface area contributed by atoms with Gasteiger partial charge in [0.15, 0.2) is 0 Å². The van der Waals surface area contributed by atoms with E-state index < -0.39 is 0 Å². The minimum atomic E-state index is -0.336. The monoisotopic (exact) mass is 359 g/mol. The van der Waals surface area contributed by atoms with Gasteiger partial charge in [-0.25, -0.2) is 4.79 Å². The molecule has 0 N–H and O–H groups in total. The highest BCUT2D eigenvalue weighted by atomic mass is 16.6. The molecule has 0 bridgehead atoms. The molecule has 1 saturated heterocycles. The number of amides is 1. The highest BCUT2D eigenvalue weighted by Gasteiger charge is 2.32. The predicted molar refractivity (Wildman–Crippen MR) is 100 cm³/mol. The van der Waals surface area contributed by atoms with Gasteiger partial charge in [0.2, 0.25) is 0 Å². The molecule has 5 nitrogen and oxygen atoms in total. The molecule has 1 fully saturated rings. The van der Waals surface area contributed by atoms with Crippen LogP contribution in [0.5, 0.6) is 0 Å². The summed E-state index contributed by atoms with van der Waals surface area (Å²) in [4.78, 5) is 26.2. The smallest absolute Gasteiger partial charge is 0.409 e. The molecule has 0 saturated carbocycles. The number of likely N-dealkylation sites (tertiary alicyclic amines) is 1. The van der Waals surface area contributed by atoms with Gasteiger partial charge in [0.05, 0.1) is 12.5 Å². The van der Waals surface area contributed by atoms with Crippen LogP contribution in [-0.4, -0.2) is 36.7 Å². The number of hydrogen-bond acceptors (Lipinski definition) is 4. The molecule has 0 spiro atoms. The van der Waals surface area contributed by atoms with Crippen LogP contribution in [-0.2, 0) is 20.9 Å². The van der Waals surface area contributed by atoms with Crippen LogP contribution < -0.4 is 0 Å². The van der Waals surface area contributed by atoms with Gasteiger partial charge in [0.1, 0.15) is 6.61 Å². The molecular formula is C21H29NO4. The van der Waals surface area contributed by atoms with Crippen molar-refractivity contribution < 1.29 is 19.1 Å². The number of unbranched alkanes of at least 4 members (excludes halogenated alkanes) is 1. The summed E-state index contributed by atoms with van der Waals surface area (Å²) >= 11 is 0. The Kier molecular flexibility index (Phi) is 8.19. The Labute approximate surface area is 156 Å². The van der Waals surface area contributed by atoms with Gasteiger partial charge in [-0.15, -0.1) is 6.58 Å². The molecule has 1 unspecified atom stereocenters. The molecule has 142 valence electrons. The lowest BCUT2D eigenvalue weighted by atomic mass is 9.84. The van der Waals surface area contributed by atoms with Crippen molar-refractivity contribution in [1.82, 2.24) is 4.90 Å². The van der Waals surface area contributed by atoms with Gasteiger partial charge in [-0.1, -0.05) is 49.8 Å². The number of rotatable bonds is 8. The van der Waals surface area contributed by atoms with Crippen LogP contribution in [0.15, 0.2) is 43.0 Å². The first-order valence-corrected chi connectivity index (χ1v) is 9.40. The summed E-state index contributed by atoms with van der Waals surface area (Å²) in [6, 6.07) is 9.63. The van der Waals surface area contributed by atoms with Crippen molar-refractivity contribution in [2.24, 2.45) is 11.8 Å². The van der Waals surface area contributed by atoms with Crippen LogP contribution in [0.3, 0.4) is 0 Å². The van der Waals surface area contributed by atoms with E-state index in [9.17, 15) is 9.59 Å². The van der Waals surface area contributed by atoms with Gasteiger partial charge < -0.3 is 14.4 Å². The van der Waals surface area contributed by atoms with Gasteiger partial charge in [0, 0.05) is 13.1 Å². The lowest BCUT2D eigenvalue weighted by Crippen LogP contribution is -2.41. The standard InChI is InChI=1S/C21H29NO4/c1-3-5-15-25-21(24)22-13-11-18(12-14-22)19(4-2)20(23)26-16-17-9-7-6-8-10-17/h4,6-10,18-19H,2-3,5,11-16H2,1H3. The Balaban J connectivity index is 1.79. The lowest BCUT2D eigenvalue weighted by Gasteiger charge is -2.33. The van der Waals surface area contributed by atoms with Crippen LogP contribution in [0, 0.1) is 11.8 Å². The van der Waals surface area contributed by atoms with Gasteiger partial charge in [-0.2, -0.15) is 0 Å². The first-order valence-electron chi connectivity index (χ1n) is 9.40. The van der Waals surface area contributed by atoms with E-state index in [1.807, 2.05) is 30.3 Å². The molecule has 1 aromatic carbocycles. The fourth-order valence-corrected chi connectivity index (χ4v) is 3.14. The normalized spacial score (nSPS) is 16.0. The van der Waals surface area contributed by atoms with E-state index in [0.717, 1.165) is 31.2 Å². The molecule has 1 aromatic rings. The van der Waals surface area contributed by atoms with Crippen molar-refractivity contribution in [3.63, 3.8) is 0 Å². The summed E-state index contributed by atoms with van der Waals surface area (Å²) in [5.41, 5.74) is 0.966. The third-order valence-corrected chi connectivity index (χ3v) is 4.78. The lowest BCUT2D eigenvalue weighted by molar-refractivity contribution is -0.150. The Morgan fingerprint density at radius 3 is 2.54 bits per heavy atom. The highest BCUT2D eigenvalue weighted by Crippen LogP contribution is 2.27. The summed E-state index contributed by atoms with van der Waals surface area (Å²) in [6.07, 6.45) is 4.81. The van der Waals surface area contributed by atoms with Crippen LogP contribution in [0.4, 0.5) is 4.79 Å². The maximum absolute atomic E-state index is 12.4. The third-order valence-electron chi connectivity index (χ3n) is 4.78. The van der Waals surface area contributed by atoms with E-state index in [1.54, 1.807) is 11.0 Å². The molecule has 5 heteroatoms. The molecule has 26 heavy (non-hydrogen) atoms. The number of carbonyl (C=O) groups excluding carboxylic acids is 2. The second-order valence-electron chi connectivity index (χ2n) is 6.65. The Morgan fingerprint density at radius 1 is 1.23 bits per heavy atom. The summed E-state index contributed by atoms with van der Waals surface area (Å²) in [6.45, 7) is 7.82. The van der Waals surface area contributed by atoms with Gasteiger partial charge in [0.25, 0.3) is 0 Å². The third kappa shape index (κ3) is 5.90. The molecule has 0 aromatic heterocycles. The van der Waals surface area contributed by atoms with Crippen molar-refractivity contribution in [3.8, 4) is 0 Å². The SMILES string of the molecule is C=CC(C(=O)OCc1ccccc1)C1CCN(C(=O)OCCCC)CC1. The van der Waals surface area contributed by atoms with Crippen LogP contribution in [0.2, 0.25) is 0 Å². The van der Waals surface area contributed by atoms with E-state index in [0.29, 0.717) is 19.7 Å². The second kappa shape index (κ2) is 10.6. The maximum atomic E-state index is 12.4. The first-order chi connectivity index (χ1) is 12.7. The van der Waals surface area contributed by atoms with E-state index >= 15 is 0 Å². The van der Waals surface area contributed by atoms with Gasteiger partial charge in [-0.3, -0.25) is 4.79 Å². The van der Waals surface area contributed by atoms with Crippen molar-refractivity contribution in [2.45, 2.75) is 39.2 Å². The van der Waals surface area contributed by atoms with Crippen molar-refractivity contribution >= 4 is 12.1 Å². The molecule has 2 rings (SSSR count). The number of esters is 1. The Bertz CT molecular complexity index is 579. The zero-order valence-electron chi connectivity index (χ0n) is 15.6. The molecule has 0 aliphatic carbocycles. The average molecular weight is 359 g/mol. The Morgan fingerprint density at radius 2 is 1.92 bits per heavy atom. The average Bonchev–Trinajstić information content (AvgIpc) is 2.68. The van der Waals surface area contributed by atoms with Crippen LogP contribution in [0.25, 0.3) is 0 Å². The fraction of sp³-hybridized carbons (Fsp3) is 0.524. The number of piperidine rings is 1. The highest BCUT2D eigenvalue weighted by molar-refractivity contribution is 5.75. The van der Waals surface area contributed by atoms with Gasteiger partial charge >= 0.3 is 12.1 Å². The maximum Gasteiger partial charge on any atom is 0.409 e. The minimum absolute atomic E-state index is 0.149. The molecule has 1 atom stereocenters. The van der Waals surface area contributed by atoms with Crippen molar-refractivity contribution in [3.05, 3.63) is 48.6 Å². The molecular weight excluding hydrogens is 330 g/mol. The number of ether oxygens (including phenoxy) is 2. The van der Waals surface area contributed by atoms with Gasteiger partial charge in [-0.05, 0) is 30.7 Å². The van der Waals surface area contributed by atoms with E-state index in [-0.39, 0.29) is 30.5 Å². The molecule has 1 amide bonds. The molecule has 1 aliphatic rings. The molecule has 1 heterocycles. The molecule has 0 radical (unpaired) electrons. The summed E-state index contributed by atoms with van der Waals surface area (Å²) in [5.74, 6) is -0.430. The summed E-state index contributed by atoms with van der Waals surface area (Å²) in [7, 11) is 0. The zero-order valence-corrected chi connectivity index (χ0v) is 15.6. The second-order valence-corrected chi connectivity index (χ2v) is 6.65. The fourth-order valence-electron chi connectivity index (χ4n) is 3.14. The minimum Gasteiger partial charge on any atom is -0.460 e. The molecule has 1 aliphatic heterocycles. The summed E-state index contributed by atoms with van der Waals surface area (Å²) in [5, 5.41) is 0. The Hall–Kier alpha value is -2.30. The largest absolute Gasteiger partial charge is 0.460 e. The summed E-state index contributed by atoms with van der Waals surface area (Å²) < 4.78 is 10.7. The first kappa shape index (κ1) is 20.0. The zero-order chi connectivity index (χ0) is 18.8. The number of carbonyl (C=O) groups is 2. The number of benzene rings is 1. The van der Waals surface area contributed by atoms with E-state index in [4.69, 9.17) is 9.47 Å². The van der Waals surface area contributed by atoms with Crippen molar-refractivity contribution in [2.75, 3.05) is 19.7 Å². The topological polar surface area (TPSA) is 55.8 Å². The van der Waals surface area contributed by atoms with E-state index in [1.165, 1.54) is 0 Å². The van der Waals surface area contributed by atoms with Crippen molar-refractivity contribution in [1.29, 1.82) is 0 Å².